The molecule has 0 aliphatic rings. The molecule has 0 fully saturated rings. The second-order valence-corrected chi connectivity index (χ2v) is 7.78. The molecule has 0 radical (unpaired) electrons. The summed E-state index contributed by atoms with van der Waals surface area (Å²) >= 11 is 1.56. The number of carbonyl (C=O) groups is 1. The van der Waals surface area contributed by atoms with E-state index in [1.165, 1.54) is 5.56 Å². The number of hydrogen-bond acceptors (Lipinski definition) is 4. The van der Waals surface area contributed by atoms with Crippen molar-refractivity contribution in [1.29, 1.82) is 0 Å². The lowest BCUT2D eigenvalue weighted by Crippen LogP contribution is -2.11. The quantitative estimate of drug-likeness (QED) is 0.407. The highest BCUT2D eigenvalue weighted by molar-refractivity contribution is 7.14. The van der Waals surface area contributed by atoms with E-state index in [2.05, 4.69) is 34.7 Å². The van der Waals surface area contributed by atoms with Gasteiger partial charge in [-0.15, -0.1) is 11.3 Å². The fourth-order valence-electron chi connectivity index (χ4n) is 2.86. The fraction of sp³-hybridized carbons (Fsp3) is 0.0833. The summed E-state index contributed by atoms with van der Waals surface area (Å²) in [6, 6.07) is 23.5. The van der Waals surface area contributed by atoms with Gasteiger partial charge in [0.1, 0.15) is 0 Å². The van der Waals surface area contributed by atoms with E-state index in [4.69, 9.17) is 0 Å². The molecule has 1 amide bonds. The Bertz CT molecular complexity index is 1110. The maximum atomic E-state index is 12.3. The van der Waals surface area contributed by atoms with Gasteiger partial charge in [0.25, 0.3) is 5.91 Å². The van der Waals surface area contributed by atoms with Crippen molar-refractivity contribution in [3.63, 3.8) is 0 Å². The maximum Gasteiger partial charge on any atom is 0.255 e. The second kappa shape index (κ2) is 8.29. The van der Waals surface area contributed by atoms with E-state index in [0.717, 1.165) is 33.3 Å². The lowest BCUT2D eigenvalue weighted by molar-refractivity contribution is 0.102. The first-order chi connectivity index (χ1) is 14.1. The highest BCUT2D eigenvalue weighted by Gasteiger charge is 2.08. The lowest BCUT2D eigenvalue weighted by atomic mass is 10.1. The normalized spacial score (nSPS) is 10.6. The summed E-state index contributed by atoms with van der Waals surface area (Å²) in [4.78, 5) is 17.0. The summed E-state index contributed by atoms with van der Waals surface area (Å²) in [5.41, 5.74) is 6.69. The minimum absolute atomic E-state index is 0.115. The van der Waals surface area contributed by atoms with Crippen LogP contribution in [0.2, 0.25) is 0 Å². The highest BCUT2D eigenvalue weighted by Crippen LogP contribution is 2.28. The summed E-state index contributed by atoms with van der Waals surface area (Å²) in [5, 5.41) is 9.13. The molecular weight excluding hydrogens is 378 g/mol. The molecule has 5 heteroatoms. The molecular formula is C24H21N3OS. The number of amides is 1. The molecule has 29 heavy (non-hydrogen) atoms. The number of anilines is 3. The molecule has 0 unspecified atom stereocenters. The Morgan fingerprint density at radius 1 is 0.793 bits per heavy atom. The number of nitrogens with zero attached hydrogens (tertiary/aromatic N) is 1. The van der Waals surface area contributed by atoms with Crippen molar-refractivity contribution in [2.75, 3.05) is 10.6 Å². The Labute approximate surface area is 174 Å². The Kier molecular flexibility index (Phi) is 5.40. The van der Waals surface area contributed by atoms with Crippen molar-refractivity contribution in [3.8, 4) is 11.3 Å². The summed E-state index contributed by atoms with van der Waals surface area (Å²) in [5.74, 6) is -0.115. The van der Waals surface area contributed by atoms with E-state index in [1.807, 2.05) is 73.0 Å². The molecule has 4 nitrogen and oxygen atoms in total. The predicted octanol–water partition coefficient (Wildman–Crippen LogP) is 6.42. The van der Waals surface area contributed by atoms with Crippen LogP contribution >= 0.6 is 11.3 Å². The Hall–Kier alpha value is -3.44. The van der Waals surface area contributed by atoms with Crippen molar-refractivity contribution < 1.29 is 4.79 Å². The number of benzene rings is 3. The first kappa shape index (κ1) is 18.9. The molecule has 2 N–H and O–H groups in total. The lowest BCUT2D eigenvalue weighted by Gasteiger charge is -2.06. The van der Waals surface area contributed by atoms with Crippen LogP contribution in [-0.4, -0.2) is 10.9 Å². The van der Waals surface area contributed by atoms with Crippen molar-refractivity contribution in [3.05, 3.63) is 94.9 Å². The van der Waals surface area contributed by atoms with Gasteiger partial charge in [-0.25, -0.2) is 4.98 Å². The molecule has 0 spiro atoms. The molecule has 0 atom stereocenters. The highest BCUT2D eigenvalue weighted by atomic mass is 32.1. The Morgan fingerprint density at radius 3 is 2.03 bits per heavy atom. The van der Waals surface area contributed by atoms with Crippen LogP contribution in [0.25, 0.3) is 11.3 Å². The third-order valence-corrected chi connectivity index (χ3v) is 5.32. The van der Waals surface area contributed by atoms with Gasteiger partial charge < -0.3 is 10.6 Å². The molecule has 0 saturated heterocycles. The van der Waals surface area contributed by atoms with Crippen LogP contribution in [0.4, 0.5) is 16.5 Å². The molecule has 144 valence electrons. The van der Waals surface area contributed by atoms with Gasteiger partial charge in [-0.3, -0.25) is 4.79 Å². The first-order valence-corrected chi connectivity index (χ1v) is 10.2. The van der Waals surface area contributed by atoms with Gasteiger partial charge in [-0.05, 0) is 50.2 Å². The molecule has 3 aromatic carbocycles. The number of carbonyl (C=O) groups excluding carboxylic acids is 1. The van der Waals surface area contributed by atoms with Gasteiger partial charge in [-0.1, -0.05) is 47.5 Å². The van der Waals surface area contributed by atoms with Gasteiger partial charge in [0.05, 0.1) is 5.69 Å². The average molecular weight is 400 g/mol. The van der Waals surface area contributed by atoms with Gasteiger partial charge in [-0.2, -0.15) is 0 Å². The number of hydrogen-bond donors (Lipinski definition) is 2. The van der Waals surface area contributed by atoms with Crippen molar-refractivity contribution in [1.82, 2.24) is 4.98 Å². The van der Waals surface area contributed by atoms with Crippen molar-refractivity contribution in [2.24, 2.45) is 0 Å². The maximum absolute atomic E-state index is 12.3. The number of thiazole rings is 1. The van der Waals surface area contributed by atoms with Gasteiger partial charge >= 0.3 is 0 Å². The van der Waals surface area contributed by atoms with Crippen LogP contribution in [0.1, 0.15) is 21.5 Å². The smallest absolute Gasteiger partial charge is 0.255 e. The molecule has 0 saturated carbocycles. The van der Waals surface area contributed by atoms with Crippen LogP contribution in [-0.2, 0) is 0 Å². The molecule has 4 rings (SSSR count). The summed E-state index contributed by atoms with van der Waals surface area (Å²) < 4.78 is 0. The van der Waals surface area contributed by atoms with Crippen molar-refractivity contribution in [2.45, 2.75) is 13.8 Å². The Balaban J connectivity index is 1.42. The minimum Gasteiger partial charge on any atom is -0.332 e. The van der Waals surface area contributed by atoms with Gasteiger partial charge in [0.15, 0.2) is 5.13 Å². The molecule has 4 aromatic rings. The largest absolute Gasteiger partial charge is 0.332 e. The summed E-state index contributed by atoms with van der Waals surface area (Å²) in [6.45, 7) is 4.07. The monoisotopic (exact) mass is 399 g/mol. The van der Waals surface area contributed by atoms with E-state index in [0.29, 0.717) is 5.56 Å². The number of rotatable bonds is 5. The average Bonchev–Trinajstić information content (AvgIpc) is 3.19. The standard InChI is InChI=1S/C24H21N3OS/c1-16-3-7-19(8-4-16)23(28)25-20-13-9-18(10-14-20)22-15-29-24(27-22)26-21-11-5-17(2)6-12-21/h3-15H,1-2H3,(H,25,28)(H,26,27). The van der Waals surface area contributed by atoms with Gasteiger partial charge in [0.2, 0.25) is 0 Å². The molecule has 1 heterocycles. The Morgan fingerprint density at radius 2 is 1.38 bits per heavy atom. The predicted molar refractivity (Wildman–Crippen MR) is 121 cm³/mol. The summed E-state index contributed by atoms with van der Waals surface area (Å²) in [6.07, 6.45) is 0. The first-order valence-electron chi connectivity index (χ1n) is 9.34. The zero-order valence-electron chi connectivity index (χ0n) is 16.3. The third kappa shape index (κ3) is 4.70. The van der Waals surface area contributed by atoms with E-state index in [-0.39, 0.29) is 5.91 Å². The topological polar surface area (TPSA) is 54.0 Å². The zero-order valence-corrected chi connectivity index (χ0v) is 17.1. The summed E-state index contributed by atoms with van der Waals surface area (Å²) in [7, 11) is 0. The van der Waals surface area contributed by atoms with E-state index >= 15 is 0 Å². The molecule has 0 aliphatic carbocycles. The van der Waals surface area contributed by atoms with E-state index in [9.17, 15) is 4.79 Å². The van der Waals surface area contributed by atoms with Crippen molar-refractivity contribution >= 4 is 33.8 Å². The van der Waals surface area contributed by atoms with Crippen LogP contribution < -0.4 is 10.6 Å². The molecule has 0 bridgehead atoms. The van der Waals surface area contributed by atoms with E-state index in [1.54, 1.807) is 11.3 Å². The fourth-order valence-corrected chi connectivity index (χ4v) is 3.60. The number of aromatic nitrogens is 1. The molecule has 0 aliphatic heterocycles. The van der Waals surface area contributed by atoms with Crippen LogP contribution in [0, 0.1) is 13.8 Å². The van der Waals surface area contributed by atoms with Crippen LogP contribution in [0.5, 0.6) is 0 Å². The zero-order chi connectivity index (χ0) is 20.2. The molecule has 1 aromatic heterocycles. The number of nitrogens with one attached hydrogen (secondary N) is 2. The van der Waals surface area contributed by atoms with Crippen LogP contribution in [0.15, 0.2) is 78.2 Å². The second-order valence-electron chi connectivity index (χ2n) is 6.93. The SMILES string of the molecule is Cc1ccc(Nc2nc(-c3ccc(NC(=O)c4ccc(C)cc4)cc3)cs2)cc1. The van der Waals surface area contributed by atoms with Gasteiger partial charge in [0, 0.05) is 27.9 Å². The minimum atomic E-state index is -0.115. The van der Waals surface area contributed by atoms with E-state index < -0.39 is 0 Å². The number of aryl methyl sites for hydroxylation is 2. The third-order valence-electron chi connectivity index (χ3n) is 4.56. The van der Waals surface area contributed by atoms with Crippen LogP contribution in [0.3, 0.4) is 0 Å².